The number of pyridine rings is 2. The van der Waals surface area contributed by atoms with E-state index in [1.165, 1.54) is 16.5 Å². The molecule has 0 amide bonds. The number of nitrogens with zero attached hydrogens (tertiary/aromatic N) is 4. The maximum atomic E-state index is 5.22. The molecule has 1 aliphatic rings. The predicted octanol–water partition coefficient (Wildman–Crippen LogP) is 6.26. The molecule has 0 fully saturated rings. The van der Waals surface area contributed by atoms with Crippen LogP contribution in [-0.4, -0.2) is 24.5 Å². The number of aryl methyl sites for hydroxylation is 1. The third-order valence-corrected chi connectivity index (χ3v) is 6.72. The first kappa shape index (κ1) is 19.0. The van der Waals surface area contributed by atoms with Gasteiger partial charge in [0.25, 0.3) is 0 Å². The predicted molar refractivity (Wildman–Crippen MR) is 135 cm³/mol. The molecule has 0 saturated heterocycles. The van der Waals surface area contributed by atoms with Crippen LogP contribution in [0.4, 0.5) is 0 Å². The first-order valence-corrected chi connectivity index (χ1v) is 11.4. The molecule has 0 saturated carbocycles. The second-order valence-electron chi connectivity index (χ2n) is 8.67. The van der Waals surface area contributed by atoms with E-state index in [2.05, 4.69) is 88.3 Å². The van der Waals surface area contributed by atoms with Gasteiger partial charge in [0.1, 0.15) is 5.82 Å². The summed E-state index contributed by atoms with van der Waals surface area (Å²) in [6.45, 7) is 0. The summed E-state index contributed by atoms with van der Waals surface area (Å²) in [7, 11) is 2.13. The maximum Gasteiger partial charge on any atom is 0.141 e. The standard InChI is InChI=1S/C29H21N5/c1-34-23-14-6-5-12-20(23)24(28(34)18-9-3-2-4-10-18)29-32-22-17-19-11-7-15-30-25(19)27-21(26(22)33-29)13-8-16-31-27/h2-16H,17H2,1H3,(H,32,33). The van der Waals surface area contributed by atoms with Crippen LogP contribution in [0.5, 0.6) is 0 Å². The Labute approximate surface area is 196 Å². The highest BCUT2D eigenvalue weighted by Gasteiger charge is 2.27. The maximum absolute atomic E-state index is 5.22. The van der Waals surface area contributed by atoms with Gasteiger partial charge in [0.05, 0.1) is 28.3 Å². The third kappa shape index (κ3) is 2.70. The van der Waals surface area contributed by atoms with Gasteiger partial charge in [0.15, 0.2) is 0 Å². The molecule has 34 heavy (non-hydrogen) atoms. The molecule has 0 unspecified atom stereocenters. The Kier molecular flexibility index (Phi) is 4.05. The van der Waals surface area contributed by atoms with E-state index in [0.717, 1.165) is 57.4 Å². The number of para-hydroxylation sites is 1. The molecule has 7 rings (SSSR count). The van der Waals surface area contributed by atoms with Crippen LogP contribution in [0.25, 0.3) is 56.2 Å². The van der Waals surface area contributed by atoms with Crippen molar-refractivity contribution in [1.29, 1.82) is 0 Å². The van der Waals surface area contributed by atoms with Crippen molar-refractivity contribution in [2.75, 3.05) is 0 Å². The van der Waals surface area contributed by atoms with E-state index >= 15 is 0 Å². The molecule has 4 heterocycles. The van der Waals surface area contributed by atoms with Crippen LogP contribution in [0.2, 0.25) is 0 Å². The lowest BCUT2D eigenvalue weighted by Crippen LogP contribution is -1.95. The number of imidazole rings is 1. The number of fused-ring (bicyclic) bond motifs is 6. The molecule has 5 nitrogen and oxygen atoms in total. The summed E-state index contributed by atoms with van der Waals surface area (Å²) in [6, 6.07) is 27.2. The van der Waals surface area contributed by atoms with Gasteiger partial charge in [0, 0.05) is 48.0 Å². The van der Waals surface area contributed by atoms with Gasteiger partial charge >= 0.3 is 0 Å². The molecule has 6 aromatic rings. The number of hydrogen-bond acceptors (Lipinski definition) is 3. The van der Waals surface area contributed by atoms with Crippen LogP contribution >= 0.6 is 0 Å². The molecule has 0 radical (unpaired) electrons. The molecular weight excluding hydrogens is 418 g/mol. The second-order valence-corrected chi connectivity index (χ2v) is 8.67. The molecule has 0 bridgehead atoms. The molecule has 1 aliphatic carbocycles. The van der Waals surface area contributed by atoms with Crippen LogP contribution in [0.1, 0.15) is 11.3 Å². The first-order chi connectivity index (χ1) is 16.8. The van der Waals surface area contributed by atoms with Crippen LogP contribution < -0.4 is 0 Å². The van der Waals surface area contributed by atoms with Crippen molar-refractivity contribution in [3.8, 4) is 45.3 Å². The lowest BCUT2D eigenvalue weighted by atomic mass is 10.0. The van der Waals surface area contributed by atoms with Crippen LogP contribution in [0.3, 0.4) is 0 Å². The minimum Gasteiger partial charge on any atom is -0.343 e. The van der Waals surface area contributed by atoms with Crippen molar-refractivity contribution in [3.63, 3.8) is 0 Å². The van der Waals surface area contributed by atoms with Crippen LogP contribution in [0.15, 0.2) is 91.3 Å². The normalized spacial score (nSPS) is 12.1. The first-order valence-electron chi connectivity index (χ1n) is 11.4. The van der Waals surface area contributed by atoms with Crippen molar-refractivity contribution >= 4 is 10.9 Å². The summed E-state index contributed by atoms with van der Waals surface area (Å²) in [5.41, 5.74) is 10.6. The van der Waals surface area contributed by atoms with Gasteiger partial charge in [0.2, 0.25) is 0 Å². The van der Waals surface area contributed by atoms with Crippen molar-refractivity contribution < 1.29 is 0 Å². The molecule has 0 atom stereocenters. The van der Waals surface area contributed by atoms with Gasteiger partial charge in [-0.3, -0.25) is 9.97 Å². The summed E-state index contributed by atoms with van der Waals surface area (Å²) < 4.78 is 2.27. The summed E-state index contributed by atoms with van der Waals surface area (Å²) in [5, 5.41) is 1.18. The Hall–Kier alpha value is -4.51. The lowest BCUT2D eigenvalue weighted by Gasteiger charge is -2.08. The van der Waals surface area contributed by atoms with Crippen molar-refractivity contribution in [3.05, 3.63) is 103 Å². The van der Waals surface area contributed by atoms with E-state index in [1.54, 1.807) is 0 Å². The average molecular weight is 440 g/mol. The fourth-order valence-corrected chi connectivity index (χ4v) is 5.22. The fraction of sp³-hybridized carbons (Fsp3) is 0.0690. The molecule has 0 aliphatic heterocycles. The number of hydrogen-bond donors (Lipinski definition) is 1. The third-order valence-electron chi connectivity index (χ3n) is 6.72. The van der Waals surface area contributed by atoms with Gasteiger partial charge in [-0.2, -0.15) is 0 Å². The highest BCUT2D eigenvalue weighted by Crippen LogP contribution is 2.42. The Morgan fingerprint density at radius 2 is 1.53 bits per heavy atom. The van der Waals surface area contributed by atoms with Crippen molar-refractivity contribution in [2.24, 2.45) is 7.05 Å². The Balaban J connectivity index is 1.52. The largest absolute Gasteiger partial charge is 0.343 e. The SMILES string of the molecule is Cn1c(-c2ccccc2)c(-c2nc3c([nH]2)Cc2cccnc2-c2ncccc2-3)c2ccccc21. The van der Waals surface area contributed by atoms with Crippen molar-refractivity contribution in [1.82, 2.24) is 24.5 Å². The number of aromatic nitrogens is 5. The summed E-state index contributed by atoms with van der Waals surface area (Å²) in [4.78, 5) is 18.3. The van der Waals surface area contributed by atoms with Crippen LogP contribution in [-0.2, 0) is 13.5 Å². The summed E-state index contributed by atoms with van der Waals surface area (Å²) >= 11 is 0. The minimum absolute atomic E-state index is 0.729. The Morgan fingerprint density at radius 3 is 2.41 bits per heavy atom. The van der Waals surface area contributed by atoms with Gasteiger partial charge in [-0.15, -0.1) is 0 Å². The van der Waals surface area contributed by atoms with E-state index in [4.69, 9.17) is 9.97 Å². The van der Waals surface area contributed by atoms with E-state index < -0.39 is 0 Å². The molecule has 4 aromatic heterocycles. The Morgan fingerprint density at radius 1 is 0.765 bits per heavy atom. The zero-order valence-electron chi connectivity index (χ0n) is 18.7. The average Bonchev–Trinajstić information content (AvgIpc) is 3.39. The zero-order valence-corrected chi connectivity index (χ0v) is 18.7. The topological polar surface area (TPSA) is 59.4 Å². The van der Waals surface area contributed by atoms with E-state index in [-0.39, 0.29) is 0 Å². The van der Waals surface area contributed by atoms with Gasteiger partial charge in [-0.05, 0) is 35.4 Å². The van der Waals surface area contributed by atoms with Crippen LogP contribution in [0, 0.1) is 0 Å². The number of aromatic amines is 1. The molecular formula is C29H21N5. The fourth-order valence-electron chi connectivity index (χ4n) is 5.22. The summed E-state index contributed by atoms with van der Waals surface area (Å²) in [5.74, 6) is 0.878. The minimum atomic E-state index is 0.729. The van der Waals surface area contributed by atoms with Gasteiger partial charge in [-0.25, -0.2) is 4.98 Å². The lowest BCUT2D eigenvalue weighted by molar-refractivity contribution is 0.977. The molecule has 0 spiro atoms. The van der Waals surface area contributed by atoms with E-state index in [0.29, 0.717) is 0 Å². The monoisotopic (exact) mass is 439 g/mol. The van der Waals surface area contributed by atoms with E-state index in [9.17, 15) is 0 Å². The van der Waals surface area contributed by atoms with Crippen molar-refractivity contribution in [2.45, 2.75) is 6.42 Å². The number of nitrogens with one attached hydrogen (secondary N) is 1. The number of rotatable bonds is 2. The molecule has 162 valence electrons. The molecule has 1 N–H and O–H groups in total. The summed E-state index contributed by atoms with van der Waals surface area (Å²) in [6.07, 6.45) is 4.39. The second kappa shape index (κ2) is 7.25. The Bertz CT molecular complexity index is 1690. The van der Waals surface area contributed by atoms with Gasteiger partial charge < -0.3 is 9.55 Å². The van der Waals surface area contributed by atoms with E-state index in [1.807, 2.05) is 24.5 Å². The number of benzene rings is 2. The highest BCUT2D eigenvalue weighted by atomic mass is 15.0. The highest BCUT2D eigenvalue weighted by molar-refractivity contribution is 6.03. The molecule has 2 aromatic carbocycles. The zero-order chi connectivity index (χ0) is 22.6. The van der Waals surface area contributed by atoms with Gasteiger partial charge in [-0.1, -0.05) is 54.6 Å². The smallest absolute Gasteiger partial charge is 0.141 e. The quantitative estimate of drug-likeness (QED) is 0.346. The molecule has 5 heteroatoms. The number of H-pyrrole nitrogens is 1.